The highest BCUT2D eigenvalue weighted by molar-refractivity contribution is 6.03. The predicted octanol–water partition coefficient (Wildman–Crippen LogP) is 3.79. The summed E-state index contributed by atoms with van der Waals surface area (Å²) in [5, 5.41) is 2.79. The maximum Gasteiger partial charge on any atom is 0.411 e. The molecule has 0 aliphatic carbocycles. The lowest BCUT2D eigenvalue weighted by atomic mass is 10.0. The van der Waals surface area contributed by atoms with Crippen LogP contribution < -0.4 is 10.2 Å². The number of benzene rings is 2. The van der Waals surface area contributed by atoms with Crippen molar-refractivity contribution in [2.45, 2.75) is 45.1 Å². The second kappa shape index (κ2) is 12.5. The lowest BCUT2D eigenvalue weighted by Crippen LogP contribution is -2.50. The topological polar surface area (TPSA) is 96.6 Å². The van der Waals surface area contributed by atoms with Crippen LogP contribution in [0, 0.1) is 0 Å². The summed E-state index contributed by atoms with van der Waals surface area (Å²) >= 11 is 0. The number of piperazine rings is 1. The summed E-state index contributed by atoms with van der Waals surface area (Å²) in [6.45, 7) is 7.29. The first-order valence-corrected chi connectivity index (χ1v) is 12.6. The summed E-state index contributed by atoms with van der Waals surface area (Å²) in [6, 6.07) is 14.6. The molecule has 0 spiro atoms. The Morgan fingerprint density at radius 1 is 1.03 bits per heavy atom. The van der Waals surface area contributed by atoms with Crippen molar-refractivity contribution in [3.05, 3.63) is 53.6 Å². The highest BCUT2D eigenvalue weighted by Gasteiger charge is 2.31. The van der Waals surface area contributed by atoms with E-state index < -0.39 is 6.09 Å². The second-order valence-electron chi connectivity index (χ2n) is 9.43. The van der Waals surface area contributed by atoms with Gasteiger partial charge in [0.2, 0.25) is 5.91 Å². The predicted molar refractivity (Wildman–Crippen MR) is 145 cm³/mol. The first-order chi connectivity index (χ1) is 16.6. The van der Waals surface area contributed by atoms with Crippen molar-refractivity contribution < 1.29 is 19.8 Å². The van der Waals surface area contributed by atoms with Crippen molar-refractivity contribution in [3.8, 4) is 0 Å². The molecule has 3 aliphatic heterocycles. The minimum atomic E-state index is -0.486. The summed E-state index contributed by atoms with van der Waals surface area (Å²) in [6.07, 6.45) is 4.27. The number of nitrogens with zero attached hydrogens (tertiary/aromatic N) is 3. The quantitative estimate of drug-likeness (QED) is 0.652. The number of halogens is 1. The molecule has 8 nitrogen and oxygen atoms in total. The van der Waals surface area contributed by atoms with Crippen LogP contribution in [0.15, 0.2) is 42.5 Å². The first kappa shape index (κ1) is 27.9. The van der Waals surface area contributed by atoms with Gasteiger partial charge in [-0.1, -0.05) is 24.3 Å². The minimum Gasteiger partial charge on any atom is -0.450 e. The van der Waals surface area contributed by atoms with Gasteiger partial charge >= 0.3 is 6.09 Å². The van der Waals surface area contributed by atoms with E-state index >= 15 is 0 Å². The number of hydrogen-bond acceptors (Lipinski definition) is 5. The average Bonchev–Trinajstić information content (AvgIpc) is 3.24. The number of amides is 2. The van der Waals surface area contributed by atoms with Gasteiger partial charge in [0.05, 0.1) is 18.0 Å². The van der Waals surface area contributed by atoms with Crippen molar-refractivity contribution in [1.29, 1.82) is 0 Å². The summed E-state index contributed by atoms with van der Waals surface area (Å²) in [4.78, 5) is 32.7. The summed E-state index contributed by atoms with van der Waals surface area (Å²) in [5.74, 6) is 0.0951. The Hall–Kier alpha value is -2.65. The molecule has 3 aliphatic rings. The lowest BCUT2D eigenvalue weighted by molar-refractivity contribution is -0.118. The molecule has 9 heteroatoms. The van der Waals surface area contributed by atoms with E-state index in [1.807, 2.05) is 41.3 Å². The minimum absolute atomic E-state index is 0. The van der Waals surface area contributed by atoms with Gasteiger partial charge in [0.25, 0.3) is 0 Å². The highest BCUT2D eigenvalue weighted by Crippen LogP contribution is 2.38. The molecule has 3 heterocycles. The van der Waals surface area contributed by atoms with E-state index in [1.54, 1.807) is 6.92 Å². The van der Waals surface area contributed by atoms with Gasteiger partial charge < -0.3 is 10.2 Å². The van der Waals surface area contributed by atoms with E-state index in [-0.39, 0.29) is 23.8 Å². The fraction of sp³-hybridized carbons (Fsp3) is 0.481. The van der Waals surface area contributed by atoms with E-state index in [0.717, 1.165) is 56.0 Å². The third-order valence-corrected chi connectivity index (χ3v) is 7.31. The third-order valence-electron chi connectivity index (χ3n) is 7.31. The molecule has 36 heavy (non-hydrogen) atoms. The summed E-state index contributed by atoms with van der Waals surface area (Å²) in [5.41, 5.74) is 4.71. The Bertz CT molecular complexity index is 1070. The van der Waals surface area contributed by atoms with Crippen LogP contribution in [0.5, 0.6) is 0 Å². The number of carbonyl (C=O) groups is 2. The molecule has 2 aromatic rings. The van der Waals surface area contributed by atoms with Gasteiger partial charge in [0.1, 0.15) is 0 Å². The average molecular weight is 517 g/mol. The monoisotopic (exact) mass is 516 g/mol. The van der Waals surface area contributed by atoms with Crippen molar-refractivity contribution in [3.63, 3.8) is 0 Å². The van der Waals surface area contributed by atoms with Gasteiger partial charge in [-0.25, -0.2) is 4.79 Å². The Kier molecular flexibility index (Phi) is 9.73. The second-order valence-corrected chi connectivity index (χ2v) is 9.43. The van der Waals surface area contributed by atoms with Gasteiger partial charge in [-0.15, -0.1) is 12.4 Å². The standard InChI is InChI=1S/C27H34N4O3.ClH.H2O/c1-2-34-27(33)28-22-12-11-21-10-9-20-6-3-4-8-24(20)31(25(21)18-22)26(32)13-15-29-16-17-30-14-5-7-23(30)19-29;;/h3-4,6,8,11-12,18,23H,2,5,7,9-10,13-17,19H2,1H3,(H,28,33);1H;1H2. The largest absolute Gasteiger partial charge is 0.450 e. The Balaban J connectivity index is 0.00000180. The number of nitrogens with one attached hydrogen (secondary N) is 1. The van der Waals surface area contributed by atoms with Crippen LogP contribution in [0.3, 0.4) is 0 Å². The molecule has 2 amide bonds. The number of hydrogen-bond donors (Lipinski definition) is 1. The van der Waals surface area contributed by atoms with E-state index in [0.29, 0.717) is 24.8 Å². The van der Waals surface area contributed by atoms with Crippen LogP contribution in [0.4, 0.5) is 21.9 Å². The number of anilines is 3. The molecule has 0 bridgehead atoms. The molecule has 0 aromatic heterocycles. The molecular weight excluding hydrogens is 480 g/mol. The molecule has 0 radical (unpaired) electrons. The van der Waals surface area contributed by atoms with E-state index in [9.17, 15) is 9.59 Å². The van der Waals surface area contributed by atoms with Crippen molar-refractivity contribution in [1.82, 2.24) is 9.80 Å². The van der Waals surface area contributed by atoms with Crippen molar-refractivity contribution in [2.75, 3.05) is 49.5 Å². The van der Waals surface area contributed by atoms with Gasteiger partial charge in [0.15, 0.2) is 0 Å². The SMILES string of the molecule is CCOC(=O)Nc1ccc2c(c1)N(C(=O)CCN1CCN3CCCC3C1)c1ccccc1CC2.Cl.O. The molecule has 1 atom stereocenters. The number of ether oxygens (including phenoxy) is 1. The van der Waals surface area contributed by atoms with Crippen LogP contribution in [-0.4, -0.2) is 72.6 Å². The number of carbonyl (C=O) groups excluding carboxylic acids is 2. The van der Waals surface area contributed by atoms with Crippen LogP contribution in [0.2, 0.25) is 0 Å². The fourth-order valence-electron chi connectivity index (χ4n) is 5.58. The first-order valence-electron chi connectivity index (χ1n) is 12.6. The van der Waals surface area contributed by atoms with Crippen LogP contribution in [0.1, 0.15) is 37.3 Å². The molecule has 2 fully saturated rings. The van der Waals surface area contributed by atoms with E-state index in [4.69, 9.17) is 4.74 Å². The highest BCUT2D eigenvalue weighted by atomic mass is 35.5. The van der Waals surface area contributed by atoms with Crippen molar-refractivity contribution >= 4 is 41.5 Å². The number of fused-ring (bicyclic) bond motifs is 3. The van der Waals surface area contributed by atoms with E-state index in [2.05, 4.69) is 21.2 Å². The fourth-order valence-corrected chi connectivity index (χ4v) is 5.58. The third kappa shape index (κ3) is 6.00. The summed E-state index contributed by atoms with van der Waals surface area (Å²) < 4.78 is 5.04. The maximum atomic E-state index is 13.8. The van der Waals surface area contributed by atoms with Crippen LogP contribution in [-0.2, 0) is 22.4 Å². The smallest absolute Gasteiger partial charge is 0.411 e. The summed E-state index contributed by atoms with van der Waals surface area (Å²) in [7, 11) is 0. The molecule has 5 rings (SSSR count). The van der Waals surface area contributed by atoms with Gasteiger partial charge in [-0.05, 0) is 68.5 Å². The number of rotatable bonds is 5. The van der Waals surface area contributed by atoms with Crippen LogP contribution >= 0.6 is 12.4 Å². The zero-order valence-corrected chi connectivity index (χ0v) is 21.7. The maximum absolute atomic E-state index is 13.8. The van der Waals surface area contributed by atoms with Crippen LogP contribution in [0.25, 0.3) is 0 Å². The van der Waals surface area contributed by atoms with Gasteiger partial charge in [-0.3, -0.25) is 24.8 Å². The normalized spacial score (nSPS) is 19.0. The molecule has 196 valence electrons. The zero-order chi connectivity index (χ0) is 23.5. The van der Waals surface area contributed by atoms with Gasteiger partial charge in [-0.2, -0.15) is 0 Å². The molecule has 3 N–H and O–H groups in total. The Morgan fingerprint density at radius 3 is 2.61 bits per heavy atom. The Morgan fingerprint density at radius 2 is 1.81 bits per heavy atom. The van der Waals surface area contributed by atoms with Crippen molar-refractivity contribution in [2.24, 2.45) is 0 Å². The Labute approximate surface area is 219 Å². The molecule has 1 unspecified atom stereocenters. The lowest BCUT2D eigenvalue weighted by Gasteiger charge is -2.37. The van der Waals surface area contributed by atoms with E-state index in [1.165, 1.54) is 24.9 Å². The number of para-hydroxylation sites is 1. The van der Waals surface area contributed by atoms with Gasteiger partial charge in [0, 0.05) is 44.3 Å². The molecule has 0 saturated carbocycles. The molecule has 2 aromatic carbocycles. The zero-order valence-electron chi connectivity index (χ0n) is 20.9. The number of aryl methyl sites for hydroxylation is 2. The molecular formula is C27H37ClN4O4. The molecule has 2 saturated heterocycles.